The summed E-state index contributed by atoms with van der Waals surface area (Å²) in [7, 11) is 0. The van der Waals surface area contributed by atoms with E-state index in [1.807, 2.05) is 0 Å². The van der Waals surface area contributed by atoms with Crippen molar-refractivity contribution in [1.82, 2.24) is 5.48 Å². The third-order valence-corrected chi connectivity index (χ3v) is 1.32. The number of rotatable bonds is 6. The van der Waals surface area contributed by atoms with E-state index in [1.165, 1.54) is 0 Å². The smallest absolute Gasteiger partial charge is 0.243 e. The molecule has 0 aliphatic heterocycles. The number of amides is 1. The molecule has 0 spiro atoms. The predicted octanol–water partition coefficient (Wildman–Crippen LogP) is 1.46. The zero-order valence-electron chi connectivity index (χ0n) is 8.79. The fraction of sp³-hybridized carbons (Fsp3) is 0.889. The van der Waals surface area contributed by atoms with Crippen LogP contribution in [0.1, 0.15) is 34.1 Å². The Balaban J connectivity index is 3.40. The molecule has 0 fully saturated rings. The van der Waals surface area contributed by atoms with Crippen molar-refractivity contribution in [3.8, 4) is 0 Å². The minimum Gasteiger partial charge on any atom is -0.350 e. The van der Waals surface area contributed by atoms with Gasteiger partial charge in [-0.05, 0) is 12.8 Å². The predicted molar refractivity (Wildman–Crippen MR) is 49.8 cm³/mol. The fourth-order valence-electron chi connectivity index (χ4n) is 0.583. The third kappa shape index (κ3) is 7.74. The molecule has 0 aromatic heterocycles. The first-order valence-electron chi connectivity index (χ1n) is 4.62. The van der Waals surface area contributed by atoms with Crippen LogP contribution in [0.2, 0.25) is 0 Å². The summed E-state index contributed by atoms with van der Waals surface area (Å²) >= 11 is 0. The number of hydrogen-bond acceptors (Lipinski definition) is 3. The van der Waals surface area contributed by atoms with Crippen LogP contribution in [0.25, 0.3) is 0 Å². The summed E-state index contributed by atoms with van der Waals surface area (Å²) in [4.78, 5) is 15.7. The molecule has 0 aliphatic carbocycles. The van der Waals surface area contributed by atoms with Crippen LogP contribution in [0.3, 0.4) is 0 Å². The lowest BCUT2D eigenvalue weighted by Crippen LogP contribution is -2.29. The van der Waals surface area contributed by atoms with Gasteiger partial charge in [0.05, 0.1) is 6.61 Å². The van der Waals surface area contributed by atoms with Crippen LogP contribution in [-0.4, -0.2) is 18.8 Å². The van der Waals surface area contributed by atoms with Gasteiger partial charge >= 0.3 is 0 Å². The quantitative estimate of drug-likeness (QED) is 0.508. The summed E-state index contributed by atoms with van der Waals surface area (Å²) in [5, 5.41) is 0. The average Bonchev–Trinajstić information content (AvgIpc) is 2.10. The molecule has 1 unspecified atom stereocenters. The minimum atomic E-state index is -0.391. The van der Waals surface area contributed by atoms with Crippen molar-refractivity contribution in [2.24, 2.45) is 5.92 Å². The first-order chi connectivity index (χ1) is 6.06. The Hall–Kier alpha value is -0.610. The van der Waals surface area contributed by atoms with Gasteiger partial charge in [-0.1, -0.05) is 20.8 Å². The van der Waals surface area contributed by atoms with Crippen LogP contribution in [-0.2, 0) is 14.4 Å². The van der Waals surface area contributed by atoms with E-state index in [0.29, 0.717) is 18.9 Å². The van der Waals surface area contributed by atoms with Crippen molar-refractivity contribution in [3.05, 3.63) is 0 Å². The highest BCUT2D eigenvalue weighted by atomic mass is 16.8. The molecule has 13 heavy (non-hydrogen) atoms. The van der Waals surface area contributed by atoms with Crippen LogP contribution in [0.4, 0.5) is 0 Å². The van der Waals surface area contributed by atoms with Crippen molar-refractivity contribution >= 4 is 5.91 Å². The lowest BCUT2D eigenvalue weighted by atomic mass is 10.2. The molecule has 4 nitrogen and oxygen atoms in total. The van der Waals surface area contributed by atoms with E-state index in [-0.39, 0.29) is 5.91 Å². The second-order valence-corrected chi connectivity index (χ2v) is 3.29. The highest BCUT2D eigenvalue weighted by molar-refractivity contribution is 5.74. The number of hydrogen-bond donors (Lipinski definition) is 1. The Bertz CT molecular complexity index is 148. The van der Waals surface area contributed by atoms with Gasteiger partial charge in [-0.15, -0.1) is 0 Å². The van der Waals surface area contributed by atoms with Crippen molar-refractivity contribution in [1.29, 1.82) is 0 Å². The summed E-state index contributed by atoms with van der Waals surface area (Å²) in [5.74, 6) is 0.327. The maximum atomic E-state index is 10.8. The molecule has 0 heterocycles. The molecule has 4 heteroatoms. The number of hydroxylamine groups is 1. The van der Waals surface area contributed by atoms with E-state index in [2.05, 4.69) is 19.3 Å². The van der Waals surface area contributed by atoms with Crippen LogP contribution in [0.5, 0.6) is 0 Å². The molecule has 0 saturated carbocycles. The molecule has 78 valence electrons. The summed E-state index contributed by atoms with van der Waals surface area (Å²) in [6.07, 6.45) is 0.0228. The van der Waals surface area contributed by atoms with Crippen LogP contribution >= 0.6 is 0 Å². The molecule has 0 aliphatic rings. The first kappa shape index (κ1) is 12.4. The molecule has 1 N–H and O–H groups in total. The summed E-state index contributed by atoms with van der Waals surface area (Å²) < 4.78 is 5.26. The maximum Gasteiger partial charge on any atom is 0.243 e. The van der Waals surface area contributed by atoms with E-state index < -0.39 is 6.29 Å². The van der Waals surface area contributed by atoms with E-state index in [1.54, 1.807) is 13.8 Å². The topological polar surface area (TPSA) is 47.6 Å². The zero-order valence-corrected chi connectivity index (χ0v) is 8.79. The SMILES string of the molecule is CCC(=O)NOC(C)OCC(C)C. The van der Waals surface area contributed by atoms with E-state index in [4.69, 9.17) is 9.57 Å². The monoisotopic (exact) mass is 189 g/mol. The maximum absolute atomic E-state index is 10.8. The standard InChI is InChI=1S/C9H19NO3/c1-5-9(11)10-13-8(4)12-6-7(2)3/h7-8H,5-6H2,1-4H3,(H,10,11). The third-order valence-electron chi connectivity index (χ3n) is 1.32. The summed E-state index contributed by atoms with van der Waals surface area (Å²) in [6, 6.07) is 0. The fourth-order valence-corrected chi connectivity index (χ4v) is 0.583. The van der Waals surface area contributed by atoms with Gasteiger partial charge in [0.2, 0.25) is 5.91 Å². The Morgan fingerprint density at radius 2 is 2.00 bits per heavy atom. The molecule has 0 radical (unpaired) electrons. The van der Waals surface area contributed by atoms with Crippen LogP contribution < -0.4 is 5.48 Å². The number of ether oxygens (including phenoxy) is 1. The molecule has 1 atom stereocenters. The van der Waals surface area contributed by atoms with E-state index >= 15 is 0 Å². The number of carbonyl (C=O) groups excluding carboxylic acids is 1. The van der Waals surface area contributed by atoms with Crippen molar-refractivity contribution in [3.63, 3.8) is 0 Å². The number of nitrogens with one attached hydrogen (secondary N) is 1. The molecule has 0 saturated heterocycles. The molecule has 0 aromatic rings. The molecular weight excluding hydrogens is 170 g/mol. The molecule has 0 bridgehead atoms. The van der Waals surface area contributed by atoms with Gasteiger partial charge in [0, 0.05) is 6.42 Å². The van der Waals surface area contributed by atoms with Gasteiger partial charge in [-0.25, -0.2) is 10.3 Å². The van der Waals surface area contributed by atoms with Crippen LogP contribution in [0.15, 0.2) is 0 Å². The Morgan fingerprint density at radius 3 is 2.46 bits per heavy atom. The second kappa shape index (κ2) is 6.86. The van der Waals surface area contributed by atoms with Gasteiger partial charge in [0.15, 0.2) is 6.29 Å². The zero-order chi connectivity index (χ0) is 10.3. The van der Waals surface area contributed by atoms with E-state index in [9.17, 15) is 4.79 Å². The van der Waals surface area contributed by atoms with Crippen molar-refractivity contribution in [2.45, 2.75) is 40.4 Å². The lowest BCUT2D eigenvalue weighted by Gasteiger charge is -2.14. The van der Waals surface area contributed by atoms with Crippen molar-refractivity contribution < 1.29 is 14.4 Å². The van der Waals surface area contributed by atoms with Crippen molar-refractivity contribution in [2.75, 3.05) is 6.61 Å². The summed E-state index contributed by atoms with van der Waals surface area (Å²) in [6.45, 7) is 8.24. The minimum absolute atomic E-state index is 0.139. The summed E-state index contributed by atoms with van der Waals surface area (Å²) in [5.41, 5.74) is 2.29. The van der Waals surface area contributed by atoms with Gasteiger partial charge in [-0.3, -0.25) is 4.79 Å². The Labute approximate surface area is 79.6 Å². The van der Waals surface area contributed by atoms with Gasteiger partial charge in [-0.2, -0.15) is 0 Å². The van der Waals surface area contributed by atoms with E-state index in [0.717, 1.165) is 0 Å². The van der Waals surface area contributed by atoms with Gasteiger partial charge < -0.3 is 4.74 Å². The normalized spacial score (nSPS) is 13.0. The Kier molecular flexibility index (Phi) is 6.54. The lowest BCUT2D eigenvalue weighted by molar-refractivity contribution is -0.183. The molecular formula is C9H19NO3. The largest absolute Gasteiger partial charge is 0.350 e. The highest BCUT2D eigenvalue weighted by Gasteiger charge is 2.05. The van der Waals surface area contributed by atoms with Crippen LogP contribution in [0, 0.1) is 5.92 Å². The number of carbonyl (C=O) groups is 1. The highest BCUT2D eigenvalue weighted by Crippen LogP contribution is 1.97. The molecule has 1 amide bonds. The molecule has 0 rings (SSSR count). The van der Waals surface area contributed by atoms with Gasteiger partial charge in [0.25, 0.3) is 0 Å². The first-order valence-corrected chi connectivity index (χ1v) is 4.62. The Morgan fingerprint density at radius 1 is 1.38 bits per heavy atom. The molecule has 0 aromatic carbocycles. The van der Waals surface area contributed by atoms with Gasteiger partial charge in [0.1, 0.15) is 0 Å². The second-order valence-electron chi connectivity index (χ2n) is 3.29. The average molecular weight is 189 g/mol.